The van der Waals surface area contributed by atoms with Gasteiger partial charge in [-0.2, -0.15) is 0 Å². The third kappa shape index (κ3) is 7.66. The average molecular weight is 435 g/mol. The zero-order valence-electron chi connectivity index (χ0n) is 18.4. The van der Waals surface area contributed by atoms with Gasteiger partial charge in [-0.25, -0.2) is 4.39 Å². The molecule has 0 saturated carbocycles. The zero-order chi connectivity index (χ0) is 23.2. The lowest BCUT2D eigenvalue weighted by atomic mass is 9.97. The fourth-order valence-corrected chi connectivity index (χ4v) is 3.25. The van der Waals surface area contributed by atoms with E-state index in [1.54, 1.807) is 0 Å². The van der Waals surface area contributed by atoms with Gasteiger partial charge in [0.2, 0.25) is 5.91 Å². The number of nitrogens with zero attached hydrogens (tertiary/aromatic N) is 2. The lowest BCUT2D eigenvalue weighted by Crippen LogP contribution is -2.47. The molecular weight excluding hydrogens is 405 g/mol. The molecule has 0 spiro atoms. The summed E-state index contributed by atoms with van der Waals surface area (Å²) in [5.41, 5.74) is -0.0632. The fraction of sp³-hybridized carbons (Fsp3) is 0.545. The first-order valence-corrected chi connectivity index (χ1v) is 10.2. The molecule has 1 N–H and O–H groups in total. The Morgan fingerprint density at radius 1 is 1.19 bits per heavy atom. The van der Waals surface area contributed by atoms with E-state index in [0.29, 0.717) is 24.9 Å². The minimum Gasteiger partial charge on any atom is -0.455 e. The summed E-state index contributed by atoms with van der Waals surface area (Å²) in [7, 11) is 1.46. The summed E-state index contributed by atoms with van der Waals surface area (Å²) < 4.78 is 18.2. The number of esters is 1. The van der Waals surface area contributed by atoms with E-state index >= 15 is 0 Å². The topological polar surface area (TPSA) is 96.0 Å². The standard InChI is InChI=1S/C22H30FN3O5/c1-22(2,3)24-18(27)13-25(4)19(28)14-31-21(30)16-6-5-11-26(12-16)20(29)15-7-9-17(23)10-8-15/h7-10,16H,5-6,11-14H2,1-4H3,(H,24,27). The molecule has 1 heterocycles. The van der Waals surface area contributed by atoms with E-state index in [0.717, 1.165) is 0 Å². The number of nitrogens with one attached hydrogen (secondary N) is 1. The predicted octanol–water partition coefficient (Wildman–Crippen LogP) is 1.59. The number of likely N-dealkylation sites (N-methyl/N-ethyl adjacent to an activating group) is 1. The molecule has 2 rings (SSSR count). The first kappa shape index (κ1) is 24.3. The maximum atomic E-state index is 13.1. The highest BCUT2D eigenvalue weighted by Crippen LogP contribution is 2.20. The normalized spacial score (nSPS) is 16.4. The Morgan fingerprint density at radius 2 is 1.84 bits per heavy atom. The molecule has 8 nitrogen and oxygen atoms in total. The Hall–Kier alpha value is -2.97. The Bertz CT molecular complexity index is 819. The van der Waals surface area contributed by atoms with Crippen LogP contribution in [0.25, 0.3) is 0 Å². The molecule has 1 aromatic rings. The molecule has 0 bridgehead atoms. The van der Waals surface area contributed by atoms with Crippen molar-refractivity contribution in [3.63, 3.8) is 0 Å². The fourth-order valence-electron chi connectivity index (χ4n) is 3.25. The molecule has 0 radical (unpaired) electrons. The lowest BCUT2D eigenvalue weighted by Gasteiger charge is -2.31. The van der Waals surface area contributed by atoms with Crippen LogP contribution < -0.4 is 5.32 Å². The summed E-state index contributed by atoms with van der Waals surface area (Å²) in [5.74, 6) is -2.61. The molecular formula is C22H30FN3O5. The Labute approximate surface area is 181 Å². The molecule has 1 saturated heterocycles. The van der Waals surface area contributed by atoms with Crippen LogP contribution in [-0.2, 0) is 19.1 Å². The van der Waals surface area contributed by atoms with E-state index in [9.17, 15) is 23.6 Å². The van der Waals surface area contributed by atoms with Gasteiger partial charge in [0, 0.05) is 31.2 Å². The molecule has 3 amide bonds. The molecule has 9 heteroatoms. The minimum atomic E-state index is -0.558. The number of carbonyl (C=O) groups is 4. The third-order valence-electron chi connectivity index (χ3n) is 4.79. The van der Waals surface area contributed by atoms with Crippen LogP contribution in [0.3, 0.4) is 0 Å². The van der Waals surface area contributed by atoms with Crippen molar-refractivity contribution in [1.29, 1.82) is 0 Å². The SMILES string of the molecule is CN(CC(=O)NC(C)(C)C)C(=O)COC(=O)C1CCCN(C(=O)c2ccc(F)cc2)C1. The average Bonchev–Trinajstić information content (AvgIpc) is 2.70. The van der Waals surface area contributed by atoms with Crippen molar-refractivity contribution in [3.8, 4) is 0 Å². The van der Waals surface area contributed by atoms with Gasteiger partial charge >= 0.3 is 5.97 Å². The third-order valence-corrected chi connectivity index (χ3v) is 4.79. The second-order valence-electron chi connectivity index (χ2n) is 8.75. The molecule has 1 aliphatic rings. The van der Waals surface area contributed by atoms with Crippen LogP contribution >= 0.6 is 0 Å². The largest absolute Gasteiger partial charge is 0.455 e. The van der Waals surface area contributed by atoms with Crippen molar-refractivity contribution < 1.29 is 28.3 Å². The van der Waals surface area contributed by atoms with Crippen LogP contribution in [0, 0.1) is 11.7 Å². The number of carbonyl (C=O) groups excluding carboxylic acids is 4. The van der Waals surface area contributed by atoms with Crippen LogP contribution in [0.1, 0.15) is 44.0 Å². The van der Waals surface area contributed by atoms with Crippen LogP contribution in [0.5, 0.6) is 0 Å². The maximum Gasteiger partial charge on any atom is 0.311 e. The number of rotatable bonds is 6. The quantitative estimate of drug-likeness (QED) is 0.685. The van der Waals surface area contributed by atoms with E-state index in [2.05, 4.69) is 5.32 Å². The van der Waals surface area contributed by atoms with Gasteiger partial charge in [0.25, 0.3) is 11.8 Å². The second-order valence-corrected chi connectivity index (χ2v) is 8.75. The Morgan fingerprint density at radius 3 is 2.45 bits per heavy atom. The van der Waals surface area contributed by atoms with Gasteiger partial charge in [-0.3, -0.25) is 19.2 Å². The number of ether oxygens (including phenoxy) is 1. The van der Waals surface area contributed by atoms with E-state index < -0.39 is 35.8 Å². The van der Waals surface area contributed by atoms with Crippen molar-refractivity contribution in [1.82, 2.24) is 15.1 Å². The molecule has 31 heavy (non-hydrogen) atoms. The number of hydrogen-bond acceptors (Lipinski definition) is 5. The molecule has 1 atom stereocenters. The monoisotopic (exact) mass is 435 g/mol. The summed E-state index contributed by atoms with van der Waals surface area (Å²) in [6, 6.07) is 5.24. The van der Waals surface area contributed by atoms with E-state index in [1.165, 1.54) is 41.1 Å². The molecule has 0 aliphatic carbocycles. The smallest absolute Gasteiger partial charge is 0.311 e. The van der Waals surface area contributed by atoms with Crippen molar-refractivity contribution in [2.45, 2.75) is 39.2 Å². The van der Waals surface area contributed by atoms with Gasteiger partial charge in [-0.15, -0.1) is 0 Å². The summed E-state index contributed by atoms with van der Waals surface area (Å²) in [6.07, 6.45) is 1.16. The predicted molar refractivity (Wildman–Crippen MR) is 112 cm³/mol. The highest BCUT2D eigenvalue weighted by Gasteiger charge is 2.30. The lowest BCUT2D eigenvalue weighted by molar-refractivity contribution is -0.156. The van der Waals surface area contributed by atoms with Crippen LogP contribution in [0.2, 0.25) is 0 Å². The molecule has 1 aromatic carbocycles. The number of amides is 3. The summed E-state index contributed by atoms with van der Waals surface area (Å²) in [4.78, 5) is 51.9. The summed E-state index contributed by atoms with van der Waals surface area (Å²) in [5, 5.41) is 2.75. The number of halogens is 1. The van der Waals surface area contributed by atoms with Gasteiger partial charge in [-0.1, -0.05) is 0 Å². The first-order chi connectivity index (χ1) is 14.5. The zero-order valence-corrected chi connectivity index (χ0v) is 18.4. The highest BCUT2D eigenvalue weighted by molar-refractivity contribution is 5.94. The van der Waals surface area contributed by atoms with Crippen LogP contribution in [-0.4, -0.2) is 72.3 Å². The molecule has 1 aliphatic heterocycles. The van der Waals surface area contributed by atoms with Gasteiger partial charge < -0.3 is 19.9 Å². The van der Waals surface area contributed by atoms with Crippen molar-refractivity contribution in [2.24, 2.45) is 5.92 Å². The number of hydrogen-bond donors (Lipinski definition) is 1. The second kappa shape index (κ2) is 10.4. The number of piperidine rings is 1. The van der Waals surface area contributed by atoms with Crippen molar-refractivity contribution >= 4 is 23.7 Å². The van der Waals surface area contributed by atoms with Crippen molar-refractivity contribution in [3.05, 3.63) is 35.6 Å². The van der Waals surface area contributed by atoms with Crippen LogP contribution in [0.4, 0.5) is 4.39 Å². The van der Waals surface area contributed by atoms with Gasteiger partial charge in [0.05, 0.1) is 12.5 Å². The van der Waals surface area contributed by atoms with E-state index in [-0.39, 0.29) is 24.9 Å². The van der Waals surface area contributed by atoms with E-state index in [4.69, 9.17) is 4.74 Å². The maximum absolute atomic E-state index is 13.1. The van der Waals surface area contributed by atoms with Gasteiger partial charge in [0.15, 0.2) is 6.61 Å². The molecule has 0 aromatic heterocycles. The van der Waals surface area contributed by atoms with Gasteiger partial charge in [0.1, 0.15) is 5.82 Å². The number of likely N-dealkylation sites (tertiary alicyclic amines) is 1. The van der Waals surface area contributed by atoms with E-state index in [1.807, 2.05) is 20.8 Å². The van der Waals surface area contributed by atoms with Crippen molar-refractivity contribution in [2.75, 3.05) is 33.3 Å². The van der Waals surface area contributed by atoms with Gasteiger partial charge in [-0.05, 0) is 57.9 Å². The Kier molecular flexibility index (Phi) is 8.13. The highest BCUT2D eigenvalue weighted by atomic mass is 19.1. The minimum absolute atomic E-state index is 0.142. The summed E-state index contributed by atoms with van der Waals surface area (Å²) in [6.45, 7) is 5.56. The summed E-state index contributed by atoms with van der Waals surface area (Å²) >= 11 is 0. The molecule has 1 fully saturated rings. The molecule has 170 valence electrons. The van der Waals surface area contributed by atoms with Crippen LogP contribution in [0.15, 0.2) is 24.3 Å². The Balaban J connectivity index is 1.83. The first-order valence-electron chi connectivity index (χ1n) is 10.2. The molecule has 1 unspecified atom stereocenters. The number of benzene rings is 1.